The molecule has 3 N–H and O–H groups in total. The Morgan fingerprint density at radius 3 is 1.03 bits per heavy atom. The van der Waals surface area contributed by atoms with E-state index >= 15 is 0 Å². The summed E-state index contributed by atoms with van der Waals surface area (Å²) in [5.41, 5.74) is 5.38. The first-order chi connectivity index (χ1) is 36.8. The monoisotopic (exact) mass is 1060 g/mol. The van der Waals surface area contributed by atoms with Crippen LogP contribution in [0.5, 0.6) is 0 Å². The number of ether oxygens (including phenoxy) is 2. The summed E-state index contributed by atoms with van der Waals surface area (Å²) < 4.78 is 33.1. The summed E-state index contributed by atoms with van der Waals surface area (Å²) in [6.45, 7) is 3.50. The van der Waals surface area contributed by atoms with Gasteiger partial charge in [-0.05, 0) is 109 Å². The molecule has 426 valence electrons. The maximum Gasteiger partial charge on any atom is 0.472 e. The fourth-order valence-electron chi connectivity index (χ4n) is 7.72. The predicted molar refractivity (Wildman–Crippen MR) is 320 cm³/mol. The normalized spacial score (nSPS) is 14.0. The number of carbonyl (C=O) groups excluding carboxylic acids is 2. The van der Waals surface area contributed by atoms with Gasteiger partial charge in [0.2, 0.25) is 0 Å². The molecule has 0 bridgehead atoms. The molecule has 0 aromatic heterocycles. The van der Waals surface area contributed by atoms with Gasteiger partial charge < -0.3 is 20.1 Å². The Bertz CT molecular complexity index is 1680. The summed E-state index contributed by atoms with van der Waals surface area (Å²) >= 11 is 0. The van der Waals surface area contributed by atoms with Crippen molar-refractivity contribution in [1.82, 2.24) is 0 Å². The maximum absolute atomic E-state index is 12.7. The maximum atomic E-state index is 12.7. The number of carbonyl (C=O) groups is 2. The summed E-state index contributed by atoms with van der Waals surface area (Å²) in [6.07, 6.45) is 83.5. The van der Waals surface area contributed by atoms with Crippen LogP contribution in [0.25, 0.3) is 0 Å². The van der Waals surface area contributed by atoms with Crippen LogP contribution in [0.2, 0.25) is 0 Å². The molecule has 0 aromatic rings. The highest BCUT2D eigenvalue weighted by Gasteiger charge is 2.26. The Balaban J connectivity index is 4.03. The molecule has 75 heavy (non-hydrogen) atoms. The Kier molecular flexibility index (Phi) is 56.3. The molecule has 0 aliphatic carbocycles. The summed E-state index contributed by atoms with van der Waals surface area (Å²) in [5.74, 6) is -0.846. The van der Waals surface area contributed by atoms with Crippen LogP contribution in [0.1, 0.15) is 232 Å². The molecule has 0 spiro atoms. The number of allylic oxidation sites excluding steroid dienone is 22. The van der Waals surface area contributed by atoms with Gasteiger partial charge in [-0.3, -0.25) is 18.6 Å². The van der Waals surface area contributed by atoms with Crippen LogP contribution in [-0.2, 0) is 32.7 Å². The molecule has 0 aromatic carbocycles. The second-order valence-corrected chi connectivity index (χ2v) is 20.6. The first-order valence-electron chi connectivity index (χ1n) is 29.7. The highest BCUT2D eigenvalue weighted by molar-refractivity contribution is 7.47. The zero-order valence-corrected chi connectivity index (χ0v) is 48.4. The second kappa shape index (κ2) is 59.4. The lowest BCUT2D eigenvalue weighted by Gasteiger charge is -2.19. The second-order valence-electron chi connectivity index (χ2n) is 19.1. The Labute approximate surface area is 459 Å². The van der Waals surface area contributed by atoms with Crippen molar-refractivity contribution in [3.05, 3.63) is 134 Å². The first-order valence-corrected chi connectivity index (χ1v) is 31.2. The molecule has 10 heteroatoms. The Morgan fingerprint density at radius 1 is 0.400 bits per heavy atom. The number of phosphoric ester groups is 1. The molecular weight excluding hydrogens is 954 g/mol. The quantitative estimate of drug-likeness (QED) is 0.0264. The van der Waals surface area contributed by atoms with Gasteiger partial charge in [0.25, 0.3) is 0 Å². The molecule has 9 nitrogen and oxygen atoms in total. The minimum absolute atomic E-state index is 0.0449. The van der Waals surface area contributed by atoms with Crippen LogP contribution in [0.15, 0.2) is 134 Å². The van der Waals surface area contributed by atoms with Gasteiger partial charge in [0.05, 0.1) is 13.2 Å². The molecule has 0 aliphatic heterocycles. The highest BCUT2D eigenvalue weighted by atomic mass is 31.2. The molecule has 0 amide bonds. The third-order valence-corrected chi connectivity index (χ3v) is 13.0. The van der Waals surface area contributed by atoms with E-state index in [1.165, 1.54) is 70.6 Å². The van der Waals surface area contributed by atoms with Crippen LogP contribution in [-0.4, -0.2) is 49.3 Å². The average molecular weight is 1060 g/mol. The molecule has 0 rings (SSSR count). The van der Waals surface area contributed by atoms with E-state index < -0.39 is 32.5 Å². The zero-order valence-electron chi connectivity index (χ0n) is 47.5. The van der Waals surface area contributed by atoms with Crippen LogP contribution in [0, 0.1) is 0 Å². The minimum atomic E-state index is -4.40. The van der Waals surface area contributed by atoms with Crippen LogP contribution in [0.3, 0.4) is 0 Å². The summed E-state index contributed by atoms with van der Waals surface area (Å²) in [7, 11) is -4.40. The van der Waals surface area contributed by atoms with E-state index in [-0.39, 0.29) is 32.6 Å². The van der Waals surface area contributed by atoms with Crippen LogP contribution in [0.4, 0.5) is 0 Å². The fourth-order valence-corrected chi connectivity index (χ4v) is 8.49. The van der Waals surface area contributed by atoms with Gasteiger partial charge in [-0.2, -0.15) is 0 Å². The molecule has 0 heterocycles. The summed E-state index contributed by atoms with van der Waals surface area (Å²) in [6, 6.07) is 0. The van der Waals surface area contributed by atoms with Gasteiger partial charge in [-0.1, -0.05) is 244 Å². The molecular formula is C65H108NO8P. The lowest BCUT2D eigenvalue weighted by atomic mass is 10.1. The molecule has 0 radical (unpaired) electrons. The van der Waals surface area contributed by atoms with Crippen LogP contribution < -0.4 is 5.73 Å². The first kappa shape index (κ1) is 71.2. The lowest BCUT2D eigenvalue weighted by Crippen LogP contribution is -2.29. The van der Waals surface area contributed by atoms with E-state index in [1.807, 2.05) is 0 Å². The molecule has 0 saturated heterocycles. The number of hydrogen-bond donors (Lipinski definition) is 2. The Morgan fingerprint density at radius 2 is 0.693 bits per heavy atom. The number of rotatable bonds is 54. The SMILES string of the molecule is CC/C=C\C/C=C\C/C=C\C/C=C\C/C=C\C/C=C\C/C=C\CCCCCCCCCCCC(=O)OC(COC(=O)CCCCCCCCCCCC/C=C\C/C=C\C/C=C\C/C=C\CC)COP(=O)(O)OCCN. The average Bonchev–Trinajstić information content (AvgIpc) is 3.40. The van der Waals surface area contributed by atoms with Gasteiger partial charge in [0, 0.05) is 19.4 Å². The van der Waals surface area contributed by atoms with Crippen molar-refractivity contribution >= 4 is 19.8 Å². The number of nitrogens with two attached hydrogens (primary N) is 1. The zero-order chi connectivity index (χ0) is 54.5. The van der Waals surface area contributed by atoms with Crippen molar-refractivity contribution < 1.29 is 37.6 Å². The van der Waals surface area contributed by atoms with Gasteiger partial charge in [0.1, 0.15) is 6.61 Å². The molecule has 2 unspecified atom stereocenters. The summed E-state index contributed by atoms with van der Waals surface area (Å²) in [4.78, 5) is 35.2. The lowest BCUT2D eigenvalue weighted by molar-refractivity contribution is -0.161. The number of hydrogen-bond acceptors (Lipinski definition) is 8. The van der Waals surface area contributed by atoms with E-state index in [0.717, 1.165) is 128 Å². The van der Waals surface area contributed by atoms with Gasteiger partial charge in [-0.25, -0.2) is 4.57 Å². The largest absolute Gasteiger partial charge is 0.472 e. The highest BCUT2D eigenvalue weighted by Crippen LogP contribution is 2.43. The van der Waals surface area contributed by atoms with E-state index in [9.17, 15) is 19.0 Å². The van der Waals surface area contributed by atoms with Gasteiger partial charge in [-0.15, -0.1) is 0 Å². The van der Waals surface area contributed by atoms with Crippen molar-refractivity contribution in [2.45, 2.75) is 238 Å². The van der Waals surface area contributed by atoms with Crippen molar-refractivity contribution in [2.75, 3.05) is 26.4 Å². The van der Waals surface area contributed by atoms with Crippen molar-refractivity contribution in [2.24, 2.45) is 5.73 Å². The summed E-state index contributed by atoms with van der Waals surface area (Å²) in [5, 5.41) is 0. The number of unbranched alkanes of at least 4 members (excludes halogenated alkanes) is 19. The molecule has 0 aliphatic rings. The van der Waals surface area contributed by atoms with Crippen LogP contribution >= 0.6 is 7.82 Å². The minimum Gasteiger partial charge on any atom is -0.462 e. The molecule has 0 fully saturated rings. The van der Waals surface area contributed by atoms with E-state index in [0.29, 0.717) is 6.42 Å². The van der Waals surface area contributed by atoms with Gasteiger partial charge >= 0.3 is 19.8 Å². The fraction of sp³-hybridized carbons (Fsp3) is 0.631. The Hall–Kier alpha value is -3.85. The molecule has 0 saturated carbocycles. The number of phosphoric acid groups is 1. The van der Waals surface area contributed by atoms with E-state index in [2.05, 4.69) is 148 Å². The van der Waals surface area contributed by atoms with E-state index in [4.69, 9.17) is 24.3 Å². The predicted octanol–water partition coefficient (Wildman–Crippen LogP) is 19.0. The third kappa shape index (κ3) is 59.3. The number of esters is 2. The van der Waals surface area contributed by atoms with E-state index in [1.54, 1.807) is 0 Å². The van der Waals surface area contributed by atoms with Crippen molar-refractivity contribution in [1.29, 1.82) is 0 Å². The van der Waals surface area contributed by atoms with Gasteiger partial charge in [0.15, 0.2) is 6.10 Å². The van der Waals surface area contributed by atoms with Crippen molar-refractivity contribution in [3.63, 3.8) is 0 Å². The topological polar surface area (TPSA) is 134 Å². The molecule has 2 atom stereocenters. The van der Waals surface area contributed by atoms with Crippen molar-refractivity contribution in [3.8, 4) is 0 Å². The third-order valence-electron chi connectivity index (χ3n) is 12.0. The standard InChI is InChI=1S/C65H108NO8P/c1-3-5-7-9-11-13-15-17-19-21-23-25-27-28-29-30-31-32-33-34-36-38-40-42-44-46-48-50-52-54-56-58-65(68)74-63(62-73-75(69,70)72-60-59-66)61-71-64(67)57-55-53-51-49-47-45-43-41-39-37-35-26-24-22-20-18-16-14-12-10-8-6-4-2/h5-8,11-14,17-20,23-26,28-29,31-32,34,36,63H,3-4,9-10,15-16,21-22,27,30,33,35,37-62,66H2,1-2H3,(H,69,70)/b7-5-,8-6-,13-11-,14-12-,19-17-,20-18-,25-23-,26-24-,29-28-,32-31-,36-34-. The smallest absolute Gasteiger partial charge is 0.462 e.